The van der Waals surface area contributed by atoms with Crippen LogP contribution in [0.15, 0.2) is 45.0 Å². The van der Waals surface area contributed by atoms with Gasteiger partial charge in [0.25, 0.3) is 11.5 Å². The monoisotopic (exact) mass is 448 g/mol. The summed E-state index contributed by atoms with van der Waals surface area (Å²) in [7, 11) is 1.64. The molecule has 0 atom stereocenters. The van der Waals surface area contributed by atoms with Crippen molar-refractivity contribution in [3.05, 3.63) is 61.9 Å². The van der Waals surface area contributed by atoms with Crippen LogP contribution in [0, 0.1) is 0 Å². The first kappa shape index (κ1) is 19.2. The van der Waals surface area contributed by atoms with Crippen LogP contribution in [0.5, 0.6) is 0 Å². The van der Waals surface area contributed by atoms with Gasteiger partial charge in [-0.3, -0.25) is 14.4 Å². The number of nitrogens with one attached hydrogen (secondary N) is 2. The highest BCUT2D eigenvalue weighted by Gasteiger charge is 2.13. The van der Waals surface area contributed by atoms with Crippen LogP contribution in [0.1, 0.15) is 22.6 Å². The van der Waals surface area contributed by atoms with Gasteiger partial charge in [0.15, 0.2) is 0 Å². The van der Waals surface area contributed by atoms with Gasteiger partial charge < -0.3 is 15.2 Å². The van der Waals surface area contributed by atoms with Crippen molar-refractivity contribution in [2.75, 3.05) is 13.6 Å². The number of H-pyrrole nitrogens is 1. The smallest absolute Gasteiger partial charge is 0.268 e. The van der Waals surface area contributed by atoms with Gasteiger partial charge in [0.05, 0.1) is 12.1 Å². The molecule has 27 heavy (non-hydrogen) atoms. The van der Waals surface area contributed by atoms with Gasteiger partial charge in [-0.1, -0.05) is 15.9 Å². The van der Waals surface area contributed by atoms with Crippen molar-refractivity contribution in [2.24, 2.45) is 0 Å². The molecular formula is C18H17BrN4O3S. The Labute approximate surface area is 167 Å². The predicted molar refractivity (Wildman–Crippen MR) is 108 cm³/mol. The second kappa shape index (κ2) is 8.45. The van der Waals surface area contributed by atoms with Crippen LogP contribution in [0.3, 0.4) is 0 Å². The van der Waals surface area contributed by atoms with E-state index in [1.165, 1.54) is 16.2 Å². The molecule has 2 aromatic heterocycles. The first-order valence-electron chi connectivity index (χ1n) is 8.18. The maximum absolute atomic E-state index is 12.3. The molecule has 2 heterocycles. The zero-order valence-electron chi connectivity index (χ0n) is 14.5. The molecule has 140 valence electrons. The number of hydrogen-bond acceptors (Lipinski definition) is 5. The third-order valence-corrected chi connectivity index (χ3v) is 5.34. The fraction of sp³-hybridized carbons (Fsp3) is 0.222. The minimum absolute atomic E-state index is 0.154. The molecule has 3 aromatic rings. The average Bonchev–Trinajstić information content (AvgIpc) is 3.11. The van der Waals surface area contributed by atoms with E-state index in [9.17, 15) is 14.4 Å². The van der Waals surface area contributed by atoms with Crippen molar-refractivity contribution in [2.45, 2.75) is 13.0 Å². The lowest BCUT2D eigenvalue weighted by molar-refractivity contribution is -0.130. The predicted octanol–water partition coefficient (Wildman–Crippen LogP) is 2.53. The summed E-state index contributed by atoms with van der Waals surface area (Å²) >= 11 is 4.65. The van der Waals surface area contributed by atoms with Gasteiger partial charge in [0.2, 0.25) is 5.91 Å². The first-order chi connectivity index (χ1) is 12.9. The standard InChI is InChI=1S/C18H17BrN4O3S/c1-23(10-14-21-13-7-9-27-16(13)18(26)22-14)15(24)6-8-20-17(25)11-2-4-12(19)5-3-11/h2-5,7,9H,6,8,10H2,1H3,(H,20,25)(H,21,22,26). The zero-order valence-corrected chi connectivity index (χ0v) is 16.9. The molecule has 0 aliphatic carbocycles. The van der Waals surface area contributed by atoms with Crippen LogP contribution < -0.4 is 10.9 Å². The minimum Gasteiger partial charge on any atom is -0.352 e. The summed E-state index contributed by atoms with van der Waals surface area (Å²) in [6.07, 6.45) is 0.156. The van der Waals surface area contributed by atoms with Gasteiger partial charge >= 0.3 is 0 Å². The Morgan fingerprint density at radius 2 is 2.00 bits per heavy atom. The second-order valence-electron chi connectivity index (χ2n) is 5.91. The molecule has 9 heteroatoms. The molecule has 2 amide bonds. The van der Waals surface area contributed by atoms with Gasteiger partial charge in [0, 0.05) is 30.0 Å². The Hall–Kier alpha value is -2.52. The summed E-state index contributed by atoms with van der Waals surface area (Å²) in [5.74, 6) is 0.0478. The van der Waals surface area contributed by atoms with Crippen LogP contribution in [-0.4, -0.2) is 40.3 Å². The molecule has 0 fully saturated rings. The number of thiophene rings is 1. The lowest BCUT2D eigenvalue weighted by Crippen LogP contribution is -2.32. The lowest BCUT2D eigenvalue weighted by Gasteiger charge is -2.16. The van der Waals surface area contributed by atoms with Crippen LogP contribution in [0.4, 0.5) is 0 Å². The Morgan fingerprint density at radius 3 is 2.74 bits per heavy atom. The number of aromatic nitrogens is 2. The normalized spacial score (nSPS) is 10.7. The largest absolute Gasteiger partial charge is 0.352 e. The highest BCUT2D eigenvalue weighted by atomic mass is 79.9. The molecule has 0 aliphatic heterocycles. The lowest BCUT2D eigenvalue weighted by atomic mass is 10.2. The molecule has 7 nitrogen and oxygen atoms in total. The Bertz CT molecular complexity index is 1030. The van der Waals surface area contributed by atoms with Gasteiger partial charge in [0.1, 0.15) is 10.5 Å². The summed E-state index contributed by atoms with van der Waals surface area (Å²) in [6, 6.07) is 8.75. The van der Waals surface area contributed by atoms with Crippen LogP contribution in [0.25, 0.3) is 10.2 Å². The van der Waals surface area contributed by atoms with Crippen molar-refractivity contribution in [3.8, 4) is 0 Å². The van der Waals surface area contributed by atoms with Crippen LogP contribution >= 0.6 is 27.3 Å². The highest BCUT2D eigenvalue weighted by Crippen LogP contribution is 2.14. The molecule has 0 radical (unpaired) electrons. The number of carbonyl (C=O) groups is 2. The van der Waals surface area contributed by atoms with E-state index in [1.54, 1.807) is 42.8 Å². The summed E-state index contributed by atoms with van der Waals surface area (Å²) < 4.78 is 1.46. The SMILES string of the molecule is CN(Cc1nc2ccsc2c(=O)[nH]1)C(=O)CCNC(=O)c1ccc(Br)cc1. The highest BCUT2D eigenvalue weighted by molar-refractivity contribution is 9.10. The minimum atomic E-state index is -0.230. The quantitative estimate of drug-likeness (QED) is 0.605. The van der Waals surface area contributed by atoms with E-state index >= 15 is 0 Å². The van der Waals surface area contributed by atoms with Crippen molar-refractivity contribution >= 4 is 49.3 Å². The van der Waals surface area contributed by atoms with E-state index in [4.69, 9.17) is 0 Å². The van der Waals surface area contributed by atoms with Crippen molar-refractivity contribution in [1.82, 2.24) is 20.2 Å². The molecule has 0 aliphatic rings. The molecule has 0 unspecified atom stereocenters. The van der Waals surface area contributed by atoms with E-state index in [2.05, 4.69) is 31.2 Å². The zero-order chi connectivity index (χ0) is 19.4. The van der Waals surface area contributed by atoms with Crippen molar-refractivity contribution < 1.29 is 9.59 Å². The Balaban J connectivity index is 1.52. The number of aromatic amines is 1. The fourth-order valence-corrected chi connectivity index (χ4v) is 3.48. The average molecular weight is 449 g/mol. The molecule has 0 bridgehead atoms. The molecule has 0 spiro atoms. The number of nitrogens with zero attached hydrogens (tertiary/aromatic N) is 2. The third kappa shape index (κ3) is 4.81. The number of hydrogen-bond donors (Lipinski definition) is 2. The van der Waals surface area contributed by atoms with Gasteiger partial charge in [-0.25, -0.2) is 4.98 Å². The maximum atomic E-state index is 12.3. The topological polar surface area (TPSA) is 95.2 Å². The van der Waals surface area contributed by atoms with Crippen molar-refractivity contribution in [1.29, 1.82) is 0 Å². The number of carbonyl (C=O) groups excluding carboxylic acids is 2. The van der Waals surface area contributed by atoms with E-state index in [-0.39, 0.29) is 36.9 Å². The van der Waals surface area contributed by atoms with Crippen LogP contribution in [-0.2, 0) is 11.3 Å². The second-order valence-corrected chi connectivity index (χ2v) is 7.74. The Kier molecular flexibility index (Phi) is 6.02. The fourth-order valence-electron chi connectivity index (χ4n) is 2.49. The molecule has 0 saturated heterocycles. The summed E-state index contributed by atoms with van der Waals surface area (Å²) in [5, 5.41) is 4.53. The van der Waals surface area contributed by atoms with Gasteiger partial charge in [-0.05, 0) is 35.7 Å². The number of rotatable bonds is 6. The molecule has 2 N–H and O–H groups in total. The maximum Gasteiger partial charge on any atom is 0.268 e. The van der Waals surface area contributed by atoms with Gasteiger partial charge in [-0.2, -0.15) is 0 Å². The summed E-state index contributed by atoms with van der Waals surface area (Å²) in [6.45, 7) is 0.423. The van der Waals surface area contributed by atoms with E-state index in [1.807, 2.05) is 0 Å². The number of amides is 2. The van der Waals surface area contributed by atoms with Gasteiger partial charge in [-0.15, -0.1) is 11.3 Å². The van der Waals surface area contributed by atoms with Crippen molar-refractivity contribution in [3.63, 3.8) is 0 Å². The third-order valence-electron chi connectivity index (χ3n) is 3.91. The number of fused-ring (bicyclic) bond motifs is 1. The molecule has 0 saturated carbocycles. The molecule has 1 aromatic carbocycles. The van der Waals surface area contributed by atoms with E-state index < -0.39 is 0 Å². The first-order valence-corrected chi connectivity index (χ1v) is 9.85. The Morgan fingerprint density at radius 1 is 1.26 bits per heavy atom. The van der Waals surface area contributed by atoms with Crippen LogP contribution in [0.2, 0.25) is 0 Å². The van der Waals surface area contributed by atoms with E-state index in [0.29, 0.717) is 21.6 Å². The summed E-state index contributed by atoms with van der Waals surface area (Å²) in [4.78, 5) is 44.8. The molecule has 3 rings (SSSR count). The number of halogens is 1. The number of benzene rings is 1. The summed E-state index contributed by atoms with van der Waals surface area (Å²) in [5.41, 5.74) is 0.957. The van der Waals surface area contributed by atoms with E-state index in [0.717, 1.165) is 4.47 Å². The molecular weight excluding hydrogens is 432 g/mol.